The molecule has 0 unspecified atom stereocenters. The Bertz CT molecular complexity index is 682. The number of fused-ring (bicyclic) bond motifs is 1. The number of aromatic carboxylic acids is 1. The van der Waals surface area contributed by atoms with Gasteiger partial charge in [0.25, 0.3) is 0 Å². The van der Waals surface area contributed by atoms with E-state index in [9.17, 15) is 4.79 Å². The van der Waals surface area contributed by atoms with Crippen molar-refractivity contribution >= 4 is 17.3 Å². The highest BCUT2D eigenvalue weighted by Gasteiger charge is 2.15. The normalized spacial score (nSPS) is 12.4. The predicted molar refractivity (Wildman–Crippen MR) is 75.6 cm³/mol. The van der Waals surface area contributed by atoms with Gasteiger partial charge in [-0.05, 0) is 19.1 Å². The van der Waals surface area contributed by atoms with E-state index in [1.165, 1.54) is 11.3 Å². The molecule has 110 valence electrons. The van der Waals surface area contributed by atoms with Crippen LogP contribution in [0.1, 0.15) is 20.4 Å². The van der Waals surface area contributed by atoms with Crippen LogP contribution in [0.4, 0.5) is 0 Å². The van der Waals surface area contributed by atoms with Crippen LogP contribution in [0.15, 0.2) is 18.2 Å². The fourth-order valence-corrected chi connectivity index (χ4v) is 2.86. The van der Waals surface area contributed by atoms with Crippen molar-refractivity contribution in [3.05, 3.63) is 33.8 Å². The van der Waals surface area contributed by atoms with Gasteiger partial charge < -0.3 is 19.3 Å². The molecule has 7 heteroatoms. The number of thiazole rings is 1. The predicted octanol–water partition coefficient (Wildman–Crippen LogP) is 2.50. The Morgan fingerprint density at radius 1 is 1.43 bits per heavy atom. The molecule has 2 heterocycles. The molecule has 1 aliphatic heterocycles. The quantitative estimate of drug-likeness (QED) is 0.914. The second-order valence-corrected chi connectivity index (χ2v) is 5.52. The molecule has 0 amide bonds. The summed E-state index contributed by atoms with van der Waals surface area (Å²) in [4.78, 5) is 15.5. The van der Waals surface area contributed by atoms with E-state index in [4.69, 9.17) is 19.3 Å². The van der Waals surface area contributed by atoms with Crippen molar-refractivity contribution in [1.29, 1.82) is 0 Å². The molecule has 3 rings (SSSR count). The molecule has 0 saturated heterocycles. The maximum atomic E-state index is 11.0. The number of benzene rings is 1. The lowest BCUT2D eigenvalue weighted by Crippen LogP contribution is -2.01. The minimum atomic E-state index is -0.937. The first-order valence-corrected chi connectivity index (χ1v) is 7.17. The summed E-state index contributed by atoms with van der Waals surface area (Å²) in [7, 11) is 0. The van der Waals surface area contributed by atoms with Gasteiger partial charge in [0.1, 0.15) is 10.6 Å². The van der Waals surface area contributed by atoms with Crippen LogP contribution < -0.4 is 14.2 Å². The minimum absolute atomic E-state index is 0.231. The highest BCUT2D eigenvalue weighted by Crippen LogP contribution is 2.35. The third-order valence-electron chi connectivity index (χ3n) is 2.96. The van der Waals surface area contributed by atoms with Gasteiger partial charge in [0.05, 0.1) is 17.3 Å². The van der Waals surface area contributed by atoms with Crippen molar-refractivity contribution < 1.29 is 24.1 Å². The number of carboxylic acids is 1. The van der Waals surface area contributed by atoms with Crippen molar-refractivity contribution in [2.75, 3.05) is 13.4 Å². The van der Waals surface area contributed by atoms with E-state index in [0.29, 0.717) is 36.0 Å². The van der Waals surface area contributed by atoms with Crippen molar-refractivity contribution in [3.8, 4) is 17.2 Å². The summed E-state index contributed by atoms with van der Waals surface area (Å²) in [6, 6.07) is 5.38. The number of hydrogen-bond donors (Lipinski definition) is 1. The first-order chi connectivity index (χ1) is 10.1. The van der Waals surface area contributed by atoms with Crippen LogP contribution in [0.5, 0.6) is 17.2 Å². The second kappa shape index (κ2) is 5.61. The smallest absolute Gasteiger partial charge is 0.347 e. The zero-order chi connectivity index (χ0) is 14.8. The van der Waals surface area contributed by atoms with E-state index in [1.54, 1.807) is 19.1 Å². The zero-order valence-corrected chi connectivity index (χ0v) is 12.1. The van der Waals surface area contributed by atoms with Gasteiger partial charge in [0, 0.05) is 12.5 Å². The molecule has 6 nitrogen and oxygen atoms in total. The van der Waals surface area contributed by atoms with Crippen LogP contribution in [-0.4, -0.2) is 29.5 Å². The van der Waals surface area contributed by atoms with Gasteiger partial charge in [-0.1, -0.05) is 0 Å². The molecule has 1 aromatic carbocycles. The van der Waals surface area contributed by atoms with Crippen molar-refractivity contribution in [3.63, 3.8) is 0 Å². The molecule has 0 saturated carbocycles. The molecule has 21 heavy (non-hydrogen) atoms. The Kier molecular flexibility index (Phi) is 3.66. The molecule has 2 aromatic rings. The average molecular weight is 307 g/mol. The SMILES string of the molecule is Cc1nc(CCOc2ccc3c(c2)OCO3)sc1C(=O)O. The summed E-state index contributed by atoms with van der Waals surface area (Å²) >= 11 is 1.19. The summed E-state index contributed by atoms with van der Waals surface area (Å²) in [6.45, 7) is 2.35. The Hall–Kier alpha value is -2.28. The number of hydrogen-bond acceptors (Lipinski definition) is 6. The molecule has 1 aliphatic rings. The first kappa shape index (κ1) is 13.7. The number of nitrogens with zero attached hydrogens (tertiary/aromatic N) is 1. The molecule has 1 N–H and O–H groups in total. The Morgan fingerprint density at radius 2 is 2.24 bits per heavy atom. The molecular weight excluding hydrogens is 294 g/mol. The van der Waals surface area contributed by atoms with Crippen LogP contribution in [0.3, 0.4) is 0 Å². The van der Waals surface area contributed by atoms with Gasteiger partial charge >= 0.3 is 5.97 Å². The fraction of sp³-hybridized carbons (Fsp3) is 0.286. The number of aryl methyl sites for hydroxylation is 1. The maximum Gasteiger partial charge on any atom is 0.347 e. The standard InChI is InChI=1S/C14H13NO5S/c1-8-13(14(16)17)21-12(15-8)4-5-18-9-2-3-10-11(6-9)20-7-19-10/h2-3,6H,4-5,7H2,1H3,(H,16,17). The van der Waals surface area contributed by atoms with E-state index in [0.717, 1.165) is 5.01 Å². The molecule has 0 bridgehead atoms. The summed E-state index contributed by atoms with van der Waals surface area (Å²) in [5, 5.41) is 9.74. The topological polar surface area (TPSA) is 77.9 Å². The lowest BCUT2D eigenvalue weighted by molar-refractivity contribution is 0.0701. The van der Waals surface area contributed by atoms with Gasteiger partial charge in [0.15, 0.2) is 11.5 Å². The maximum absolute atomic E-state index is 11.0. The monoisotopic (exact) mass is 307 g/mol. The molecule has 0 radical (unpaired) electrons. The molecule has 0 spiro atoms. The molecular formula is C14H13NO5S. The fourth-order valence-electron chi connectivity index (χ4n) is 1.98. The number of rotatable bonds is 5. The van der Waals surface area contributed by atoms with E-state index in [-0.39, 0.29) is 11.7 Å². The summed E-state index contributed by atoms with van der Waals surface area (Å²) < 4.78 is 16.1. The average Bonchev–Trinajstić information content (AvgIpc) is 3.04. The van der Waals surface area contributed by atoms with Crippen LogP contribution in [0, 0.1) is 6.92 Å². The summed E-state index contributed by atoms with van der Waals surface area (Å²) in [5.74, 6) is 1.13. The minimum Gasteiger partial charge on any atom is -0.493 e. The van der Waals surface area contributed by atoms with Gasteiger partial charge in [0.2, 0.25) is 6.79 Å². The van der Waals surface area contributed by atoms with Crippen LogP contribution in [-0.2, 0) is 6.42 Å². The number of carbonyl (C=O) groups is 1. The van der Waals surface area contributed by atoms with Crippen molar-refractivity contribution in [1.82, 2.24) is 4.98 Å². The van der Waals surface area contributed by atoms with Crippen molar-refractivity contribution in [2.45, 2.75) is 13.3 Å². The number of ether oxygens (including phenoxy) is 3. The Balaban J connectivity index is 1.59. The van der Waals surface area contributed by atoms with Gasteiger partial charge in [-0.25, -0.2) is 9.78 Å². The largest absolute Gasteiger partial charge is 0.493 e. The van der Waals surface area contributed by atoms with E-state index < -0.39 is 5.97 Å². The van der Waals surface area contributed by atoms with E-state index in [1.807, 2.05) is 6.07 Å². The van der Waals surface area contributed by atoms with Crippen LogP contribution >= 0.6 is 11.3 Å². The second-order valence-electron chi connectivity index (χ2n) is 4.44. The number of carboxylic acid groups (broad SMARTS) is 1. The van der Waals surface area contributed by atoms with E-state index >= 15 is 0 Å². The van der Waals surface area contributed by atoms with Gasteiger partial charge in [-0.3, -0.25) is 0 Å². The van der Waals surface area contributed by atoms with Gasteiger partial charge in [-0.2, -0.15) is 0 Å². The molecule has 1 aromatic heterocycles. The van der Waals surface area contributed by atoms with Crippen LogP contribution in [0.25, 0.3) is 0 Å². The number of aromatic nitrogens is 1. The highest BCUT2D eigenvalue weighted by atomic mass is 32.1. The highest BCUT2D eigenvalue weighted by molar-refractivity contribution is 7.13. The van der Waals surface area contributed by atoms with Gasteiger partial charge in [-0.15, -0.1) is 11.3 Å². The Labute approximate surface area is 124 Å². The van der Waals surface area contributed by atoms with Crippen molar-refractivity contribution in [2.24, 2.45) is 0 Å². The summed E-state index contributed by atoms with van der Waals surface area (Å²) in [6.07, 6.45) is 0.563. The zero-order valence-electron chi connectivity index (χ0n) is 11.3. The Morgan fingerprint density at radius 3 is 3.00 bits per heavy atom. The van der Waals surface area contributed by atoms with E-state index in [2.05, 4.69) is 4.98 Å². The first-order valence-electron chi connectivity index (χ1n) is 6.35. The van der Waals surface area contributed by atoms with Crippen LogP contribution in [0.2, 0.25) is 0 Å². The lowest BCUT2D eigenvalue weighted by Gasteiger charge is -2.05. The lowest BCUT2D eigenvalue weighted by atomic mass is 10.3. The summed E-state index contributed by atoms with van der Waals surface area (Å²) in [5.41, 5.74) is 0.547. The molecule has 0 aliphatic carbocycles. The molecule has 0 atom stereocenters. The molecule has 0 fully saturated rings. The third-order valence-corrected chi connectivity index (χ3v) is 4.17. The third kappa shape index (κ3) is 2.92.